The fourth-order valence-electron chi connectivity index (χ4n) is 3.47. The summed E-state index contributed by atoms with van der Waals surface area (Å²) >= 11 is 1.46. The molecule has 0 aliphatic heterocycles. The number of hydrogen-bond acceptors (Lipinski definition) is 4. The molecule has 0 saturated heterocycles. The maximum absolute atomic E-state index is 13.3. The lowest BCUT2D eigenvalue weighted by atomic mass is 10.2. The van der Waals surface area contributed by atoms with Crippen LogP contribution < -0.4 is 4.90 Å². The Morgan fingerprint density at radius 1 is 0.935 bits per heavy atom. The van der Waals surface area contributed by atoms with Gasteiger partial charge in [-0.05, 0) is 35.7 Å². The average molecular weight is 431 g/mol. The summed E-state index contributed by atoms with van der Waals surface area (Å²) in [5, 5.41) is 6.64. The van der Waals surface area contributed by atoms with Crippen molar-refractivity contribution in [1.82, 2.24) is 14.7 Å². The van der Waals surface area contributed by atoms with Gasteiger partial charge >= 0.3 is 0 Å². The lowest BCUT2D eigenvalue weighted by Gasteiger charge is -2.25. The van der Waals surface area contributed by atoms with Crippen LogP contribution in [-0.2, 0) is 6.54 Å². The zero-order chi connectivity index (χ0) is 21.5. The van der Waals surface area contributed by atoms with E-state index in [0.29, 0.717) is 12.4 Å². The number of benzene rings is 2. The minimum atomic E-state index is -0.0101. The highest BCUT2D eigenvalue weighted by molar-refractivity contribution is 7.12. The van der Waals surface area contributed by atoms with Gasteiger partial charge < -0.3 is 0 Å². The van der Waals surface area contributed by atoms with Crippen LogP contribution in [0, 0.1) is 0 Å². The fraction of sp³-hybridized carbons (Fsp3) is 0.200. The number of para-hydroxylation sites is 1. The van der Waals surface area contributed by atoms with Crippen LogP contribution in [0.1, 0.15) is 22.2 Å². The van der Waals surface area contributed by atoms with Gasteiger partial charge in [0.05, 0.1) is 10.6 Å². The molecule has 2 heterocycles. The van der Waals surface area contributed by atoms with Crippen LogP contribution in [0.15, 0.2) is 90.4 Å². The summed E-state index contributed by atoms with van der Waals surface area (Å²) in [4.78, 5) is 18.1. The summed E-state index contributed by atoms with van der Waals surface area (Å²) in [6.45, 7) is 5.26. The molecule has 4 rings (SSSR count). The Morgan fingerprint density at radius 3 is 2.35 bits per heavy atom. The second-order valence-corrected chi connectivity index (χ2v) is 8.19. The van der Waals surface area contributed by atoms with Gasteiger partial charge in [0.25, 0.3) is 5.91 Å². The van der Waals surface area contributed by atoms with Gasteiger partial charge in [-0.25, -0.2) is 4.68 Å². The van der Waals surface area contributed by atoms with Crippen molar-refractivity contribution in [1.29, 1.82) is 0 Å². The van der Waals surface area contributed by atoms with Crippen LogP contribution in [-0.4, -0.2) is 40.2 Å². The van der Waals surface area contributed by atoms with Crippen LogP contribution in [0.3, 0.4) is 0 Å². The van der Waals surface area contributed by atoms with Crippen molar-refractivity contribution in [3.63, 3.8) is 0 Å². The molecular weight excluding hydrogens is 404 g/mol. The number of carbonyl (C=O) groups is 1. The van der Waals surface area contributed by atoms with E-state index >= 15 is 0 Å². The number of nitrogens with zero attached hydrogens (tertiary/aromatic N) is 4. The maximum atomic E-state index is 13.3. The van der Waals surface area contributed by atoms with E-state index in [1.807, 2.05) is 70.9 Å². The normalized spacial score (nSPS) is 11.0. The number of rotatable bonds is 9. The predicted molar refractivity (Wildman–Crippen MR) is 127 cm³/mol. The van der Waals surface area contributed by atoms with Crippen molar-refractivity contribution >= 4 is 23.1 Å². The topological polar surface area (TPSA) is 41.4 Å². The molecule has 6 heteroatoms. The third kappa shape index (κ3) is 5.29. The molecule has 0 aliphatic rings. The van der Waals surface area contributed by atoms with E-state index in [2.05, 4.69) is 36.1 Å². The quantitative estimate of drug-likeness (QED) is 0.371. The summed E-state index contributed by atoms with van der Waals surface area (Å²) in [6, 6.07) is 26.1. The minimum Gasteiger partial charge on any atom is -0.298 e. The van der Waals surface area contributed by atoms with E-state index in [1.54, 1.807) is 4.90 Å². The summed E-state index contributed by atoms with van der Waals surface area (Å²) in [5.41, 5.74) is 2.24. The molecule has 0 radical (unpaired) electrons. The Balaban J connectivity index is 1.53. The minimum absolute atomic E-state index is 0.0101. The predicted octanol–water partition coefficient (Wildman–Crippen LogP) is 5.10. The highest BCUT2D eigenvalue weighted by Gasteiger charge is 2.22. The maximum Gasteiger partial charge on any atom is 0.269 e. The first-order valence-corrected chi connectivity index (χ1v) is 11.4. The number of thiophene rings is 1. The molecule has 5 nitrogen and oxygen atoms in total. The monoisotopic (exact) mass is 430 g/mol. The van der Waals surface area contributed by atoms with Crippen LogP contribution >= 0.6 is 11.3 Å². The second-order valence-electron chi connectivity index (χ2n) is 7.24. The van der Waals surface area contributed by atoms with Crippen molar-refractivity contribution in [3.05, 3.63) is 101 Å². The number of anilines is 1. The molecule has 0 bridgehead atoms. The van der Waals surface area contributed by atoms with Gasteiger partial charge in [-0.3, -0.25) is 14.6 Å². The van der Waals surface area contributed by atoms with Crippen LogP contribution in [0.5, 0.6) is 0 Å². The third-order valence-electron chi connectivity index (χ3n) is 5.19. The number of aromatic nitrogens is 2. The molecular formula is C25H26N4OS. The molecule has 0 unspecified atom stereocenters. The first-order valence-electron chi connectivity index (χ1n) is 10.5. The van der Waals surface area contributed by atoms with Crippen molar-refractivity contribution < 1.29 is 4.79 Å². The number of carbonyl (C=O) groups excluding carboxylic acids is 1. The van der Waals surface area contributed by atoms with E-state index in [0.717, 1.165) is 30.2 Å². The Hall–Kier alpha value is -3.22. The lowest BCUT2D eigenvalue weighted by molar-refractivity contribution is 0.0986. The first-order chi connectivity index (χ1) is 15.2. The fourth-order valence-corrected chi connectivity index (χ4v) is 4.14. The highest BCUT2D eigenvalue weighted by atomic mass is 32.1. The molecule has 158 valence electrons. The molecule has 0 aliphatic carbocycles. The van der Waals surface area contributed by atoms with E-state index in [4.69, 9.17) is 5.10 Å². The molecule has 2 aromatic heterocycles. The average Bonchev–Trinajstić information content (AvgIpc) is 3.52. The molecule has 2 aromatic carbocycles. The van der Waals surface area contributed by atoms with Crippen LogP contribution in [0.4, 0.5) is 5.82 Å². The summed E-state index contributed by atoms with van der Waals surface area (Å²) in [7, 11) is 0. The largest absolute Gasteiger partial charge is 0.298 e. The second kappa shape index (κ2) is 10.2. The van der Waals surface area contributed by atoms with Crippen molar-refractivity contribution in [2.45, 2.75) is 13.5 Å². The number of hydrogen-bond donors (Lipinski definition) is 0. The zero-order valence-corrected chi connectivity index (χ0v) is 18.4. The van der Waals surface area contributed by atoms with Gasteiger partial charge in [0, 0.05) is 31.9 Å². The van der Waals surface area contributed by atoms with Gasteiger partial charge in [0.15, 0.2) is 5.82 Å². The number of amides is 1. The summed E-state index contributed by atoms with van der Waals surface area (Å²) in [6.07, 6.45) is 1.90. The van der Waals surface area contributed by atoms with Gasteiger partial charge in [-0.15, -0.1) is 16.4 Å². The summed E-state index contributed by atoms with van der Waals surface area (Å²) < 4.78 is 1.81. The third-order valence-corrected chi connectivity index (χ3v) is 6.04. The Bertz CT molecular complexity index is 1080. The Kier molecular flexibility index (Phi) is 6.92. The molecule has 0 saturated carbocycles. The first kappa shape index (κ1) is 21.0. The molecule has 1 amide bonds. The van der Waals surface area contributed by atoms with Gasteiger partial charge in [-0.1, -0.05) is 61.5 Å². The Morgan fingerprint density at radius 2 is 1.68 bits per heavy atom. The lowest BCUT2D eigenvalue weighted by Crippen LogP contribution is -2.38. The van der Waals surface area contributed by atoms with E-state index in [-0.39, 0.29) is 5.91 Å². The molecule has 0 atom stereocenters. The zero-order valence-electron chi connectivity index (χ0n) is 17.6. The van der Waals surface area contributed by atoms with Gasteiger partial charge in [0.1, 0.15) is 0 Å². The van der Waals surface area contributed by atoms with Gasteiger partial charge in [0.2, 0.25) is 0 Å². The number of likely N-dealkylation sites (N-methyl/N-ethyl adjacent to an activating group) is 1. The van der Waals surface area contributed by atoms with Crippen molar-refractivity contribution in [2.75, 3.05) is 24.5 Å². The molecule has 0 spiro atoms. The molecule has 0 N–H and O–H groups in total. The van der Waals surface area contributed by atoms with E-state index in [1.165, 1.54) is 16.9 Å². The van der Waals surface area contributed by atoms with Crippen molar-refractivity contribution in [2.24, 2.45) is 0 Å². The molecule has 31 heavy (non-hydrogen) atoms. The molecule has 0 fully saturated rings. The highest BCUT2D eigenvalue weighted by Crippen LogP contribution is 2.20. The van der Waals surface area contributed by atoms with Crippen molar-refractivity contribution in [3.8, 4) is 5.69 Å². The Labute approximate surface area is 187 Å². The van der Waals surface area contributed by atoms with E-state index in [9.17, 15) is 4.79 Å². The SMILES string of the molecule is CCN(CCN(C(=O)c1cccs1)c1ccn(-c2ccccc2)n1)Cc1ccccc1. The standard InChI is InChI=1S/C25H26N4OS/c1-2-27(20-21-10-5-3-6-11-21)17-18-28(25(30)23-14-9-19-31-23)24-15-16-29(26-24)22-12-7-4-8-13-22/h3-16,19H,2,17-18,20H2,1H3. The summed E-state index contributed by atoms with van der Waals surface area (Å²) in [5.74, 6) is 0.655. The van der Waals surface area contributed by atoms with E-state index < -0.39 is 0 Å². The smallest absolute Gasteiger partial charge is 0.269 e. The van der Waals surface area contributed by atoms with Gasteiger partial charge in [-0.2, -0.15) is 0 Å². The van der Waals surface area contributed by atoms with Crippen LogP contribution in [0.2, 0.25) is 0 Å². The van der Waals surface area contributed by atoms with Crippen LogP contribution in [0.25, 0.3) is 5.69 Å². The molecule has 4 aromatic rings.